The lowest BCUT2D eigenvalue weighted by Gasteiger charge is -2.37. The van der Waals surface area contributed by atoms with E-state index < -0.39 is 11.7 Å². The number of halogens is 1. The lowest BCUT2D eigenvalue weighted by molar-refractivity contribution is -0.187. The molecule has 25 heavy (non-hydrogen) atoms. The number of nitrogens with one attached hydrogen (secondary N) is 1. The molecule has 1 aromatic carbocycles. The molecule has 2 saturated heterocycles. The Morgan fingerprint density at radius 2 is 1.96 bits per heavy atom. The molecule has 2 heterocycles. The first-order valence-corrected chi connectivity index (χ1v) is 8.58. The number of anilines is 1. The highest BCUT2D eigenvalue weighted by molar-refractivity contribution is 6.31. The van der Waals surface area contributed by atoms with Crippen molar-refractivity contribution >= 4 is 29.1 Å². The van der Waals surface area contributed by atoms with Gasteiger partial charge in [0, 0.05) is 31.0 Å². The Morgan fingerprint density at radius 1 is 1.28 bits per heavy atom. The maximum absolute atomic E-state index is 12.3. The van der Waals surface area contributed by atoms with E-state index >= 15 is 0 Å². The fourth-order valence-corrected chi connectivity index (χ4v) is 3.28. The van der Waals surface area contributed by atoms with E-state index in [-0.39, 0.29) is 12.3 Å². The zero-order chi connectivity index (χ0) is 17.9. The lowest BCUT2D eigenvalue weighted by Crippen LogP contribution is -2.47. The number of hydrogen-bond acceptors (Lipinski definition) is 5. The molecule has 2 amide bonds. The van der Waals surface area contributed by atoms with Crippen LogP contribution in [-0.4, -0.2) is 55.9 Å². The molecule has 1 N–H and O–H groups in total. The molecule has 7 nitrogen and oxygen atoms in total. The molecule has 1 aromatic rings. The van der Waals surface area contributed by atoms with Gasteiger partial charge >= 0.3 is 0 Å². The zero-order valence-electron chi connectivity index (χ0n) is 14.0. The molecule has 0 unspecified atom stereocenters. The molecule has 2 aliphatic heterocycles. The second-order valence-corrected chi connectivity index (χ2v) is 6.49. The number of benzene rings is 1. The Morgan fingerprint density at radius 3 is 2.60 bits per heavy atom. The number of likely N-dealkylation sites (tertiary alicyclic amines) is 1. The number of ether oxygens (including phenoxy) is 3. The summed E-state index contributed by atoms with van der Waals surface area (Å²) in [5, 5.41) is 3.15. The Bertz CT molecular complexity index is 650. The lowest BCUT2D eigenvalue weighted by atomic mass is 10.0. The predicted octanol–water partition coefficient (Wildman–Crippen LogP) is 2.04. The SMILES string of the molecule is COc1ccc(Cl)cc1NC(=O)CC(=O)N1CCC2(CC1)OCCO2. The van der Waals surface area contributed by atoms with Gasteiger partial charge in [0.15, 0.2) is 5.79 Å². The van der Waals surface area contributed by atoms with Crippen LogP contribution in [0.25, 0.3) is 0 Å². The van der Waals surface area contributed by atoms with Crippen LogP contribution < -0.4 is 10.1 Å². The monoisotopic (exact) mass is 368 g/mol. The van der Waals surface area contributed by atoms with Crippen LogP contribution in [0.5, 0.6) is 5.75 Å². The van der Waals surface area contributed by atoms with E-state index in [9.17, 15) is 9.59 Å². The summed E-state index contributed by atoms with van der Waals surface area (Å²) in [5.41, 5.74) is 0.443. The molecule has 0 aliphatic carbocycles. The second kappa shape index (κ2) is 7.59. The standard InChI is InChI=1S/C17H21ClN2O5/c1-23-14-3-2-12(18)10-13(14)19-15(21)11-16(22)20-6-4-17(5-7-20)24-8-9-25-17/h2-3,10H,4-9,11H2,1H3,(H,19,21). The van der Waals surface area contributed by atoms with Gasteiger partial charge in [-0.2, -0.15) is 0 Å². The van der Waals surface area contributed by atoms with Gasteiger partial charge in [0.05, 0.1) is 26.0 Å². The van der Waals surface area contributed by atoms with Crippen molar-refractivity contribution in [1.29, 1.82) is 0 Å². The van der Waals surface area contributed by atoms with Crippen LogP contribution in [0.3, 0.4) is 0 Å². The zero-order valence-corrected chi connectivity index (χ0v) is 14.8. The number of carbonyl (C=O) groups excluding carboxylic acids is 2. The van der Waals surface area contributed by atoms with Gasteiger partial charge in [-0.15, -0.1) is 0 Å². The van der Waals surface area contributed by atoms with Gasteiger partial charge in [-0.1, -0.05) is 11.6 Å². The highest BCUT2D eigenvalue weighted by atomic mass is 35.5. The molecule has 0 atom stereocenters. The number of hydrogen-bond donors (Lipinski definition) is 1. The fraction of sp³-hybridized carbons (Fsp3) is 0.529. The minimum atomic E-state index is -0.535. The molecular formula is C17H21ClN2O5. The van der Waals surface area contributed by atoms with Crippen molar-refractivity contribution < 1.29 is 23.8 Å². The number of carbonyl (C=O) groups is 2. The van der Waals surface area contributed by atoms with E-state index in [2.05, 4.69) is 5.32 Å². The van der Waals surface area contributed by atoms with Gasteiger partial charge in [-0.05, 0) is 18.2 Å². The average molecular weight is 369 g/mol. The average Bonchev–Trinajstić information content (AvgIpc) is 3.03. The first-order chi connectivity index (χ1) is 12.0. The summed E-state index contributed by atoms with van der Waals surface area (Å²) in [6.07, 6.45) is 1.02. The predicted molar refractivity (Wildman–Crippen MR) is 91.7 cm³/mol. The fourth-order valence-electron chi connectivity index (χ4n) is 3.10. The molecule has 0 aromatic heterocycles. The molecule has 0 bridgehead atoms. The van der Waals surface area contributed by atoms with Crippen molar-refractivity contribution in [3.05, 3.63) is 23.2 Å². The highest BCUT2D eigenvalue weighted by Gasteiger charge is 2.40. The maximum atomic E-state index is 12.3. The van der Waals surface area contributed by atoms with Crippen LogP contribution in [0, 0.1) is 0 Å². The van der Waals surface area contributed by atoms with Crippen molar-refractivity contribution in [3.8, 4) is 5.75 Å². The van der Waals surface area contributed by atoms with Crippen LogP contribution in [0.2, 0.25) is 5.02 Å². The normalized spacial score (nSPS) is 19.0. The quantitative estimate of drug-likeness (QED) is 0.823. The minimum absolute atomic E-state index is 0.216. The van der Waals surface area contributed by atoms with E-state index in [1.807, 2.05) is 0 Å². The van der Waals surface area contributed by atoms with E-state index in [0.29, 0.717) is 55.6 Å². The van der Waals surface area contributed by atoms with E-state index in [1.54, 1.807) is 23.1 Å². The summed E-state index contributed by atoms with van der Waals surface area (Å²) in [6.45, 7) is 2.23. The summed E-state index contributed by atoms with van der Waals surface area (Å²) in [6, 6.07) is 4.91. The Balaban J connectivity index is 1.53. The van der Waals surface area contributed by atoms with Gasteiger partial charge in [-0.3, -0.25) is 9.59 Å². The Labute approximate surface area is 151 Å². The van der Waals surface area contributed by atoms with Crippen molar-refractivity contribution in [2.75, 3.05) is 38.7 Å². The first-order valence-electron chi connectivity index (χ1n) is 8.20. The van der Waals surface area contributed by atoms with Crippen molar-refractivity contribution in [2.45, 2.75) is 25.0 Å². The summed E-state index contributed by atoms with van der Waals surface area (Å²) in [5.74, 6) is -0.668. The third-order valence-electron chi connectivity index (χ3n) is 4.44. The van der Waals surface area contributed by atoms with E-state index in [4.69, 9.17) is 25.8 Å². The number of nitrogens with zero attached hydrogens (tertiary/aromatic N) is 1. The largest absolute Gasteiger partial charge is 0.495 e. The topological polar surface area (TPSA) is 77.1 Å². The van der Waals surface area contributed by atoms with Crippen LogP contribution in [0.15, 0.2) is 18.2 Å². The number of methoxy groups -OCH3 is 1. The van der Waals surface area contributed by atoms with Gasteiger partial charge in [0.25, 0.3) is 0 Å². The van der Waals surface area contributed by atoms with Gasteiger partial charge in [-0.25, -0.2) is 0 Å². The summed E-state index contributed by atoms with van der Waals surface area (Å²) in [4.78, 5) is 26.2. The summed E-state index contributed by atoms with van der Waals surface area (Å²) < 4.78 is 16.5. The van der Waals surface area contributed by atoms with Crippen LogP contribution in [0.1, 0.15) is 19.3 Å². The van der Waals surface area contributed by atoms with Gasteiger partial charge in [0.2, 0.25) is 11.8 Å². The molecule has 2 aliphatic rings. The third-order valence-corrected chi connectivity index (χ3v) is 4.67. The molecule has 8 heteroatoms. The van der Waals surface area contributed by atoms with Crippen molar-refractivity contribution in [2.24, 2.45) is 0 Å². The molecule has 0 saturated carbocycles. The summed E-state index contributed by atoms with van der Waals surface area (Å²) in [7, 11) is 1.50. The van der Waals surface area contributed by atoms with Crippen LogP contribution in [-0.2, 0) is 19.1 Å². The number of piperidine rings is 1. The smallest absolute Gasteiger partial charge is 0.233 e. The number of rotatable bonds is 4. The molecule has 3 rings (SSSR count). The Kier molecular flexibility index (Phi) is 5.46. The third kappa shape index (κ3) is 4.23. The number of amides is 2. The van der Waals surface area contributed by atoms with Crippen LogP contribution in [0.4, 0.5) is 5.69 Å². The summed E-state index contributed by atoms with van der Waals surface area (Å²) >= 11 is 5.94. The maximum Gasteiger partial charge on any atom is 0.233 e. The van der Waals surface area contributed by atoms with Gasteiger partial charge in [0.1, 0.15) is 12.2 Å². The minimum Gasteiger partial charge on any atom is -0.495 e. The molecule has 0 radical (unpaired) electrons. The first kappa shape index (κ1) is 18.0. The van der Waals surface area contributed by atoms with E-state index in [1.165, 1.54) is 7.11 Å². The van der Waals surface area contributed by atoms with Crippen molar-refractivity contribution in [3.63, 3.8) is 0 Å². The molecule has 136 valence electrons. The van der Waals surface area contributed by atoms with Crippen molar-refractivity contribution in [1.82, 2.24) is 4.90 Å². The van der Waals surface area contributed by atoms with E-state index in [0.717, 1.165) is 0 Å². The molecule has 1 spiro atoms. The van der Waals surface area contributed by atoms with Gasteiger partial charge < -0.3 is 24.4 Å². The molecule has 2 fully saturated rings. The second-order valence-electron chi connectivity index (χ2n) is 6.06. The highest BCUT2D eigenvalue weighted by Crippen LogP contribution is 2.31. The van der Waals surface area contributed by atoms with Crippen LogP contribution >= 0.6 is 11.6 Å². The Hall–Kier alpha value is -1.83. The molecular weight excluding hydrogens is 348 g/mol.